The number of hydrogen-bond acceptors (Lipinski definition) is 4. The van der Waals surface area contributed by atoms with Crippen LogP contribution in [0.3, 0.4) is 0 Å². The zero-order valence-electron chi connectivity index (χ0n) is 15.1. The van der Waals surface area contributed by atoms with Gasteiger partial charge in [-0.1, -0.05) is 18.5 Å². The van der Waals surface area contributed by atoms with Crippen LogP contribution in [-0.2, 0) is 0 Å². The number of amides is 1. The molecule has 1 aliphatic rings. The summed E-state index contributed by atoms with van der Waals surface area (Å²) in [4.78, 5) is 14.8. The molecule has 0 aromatic heterocycles. The van der Waals surface area contributed by atoms with Gasteiger partial charge in [0.05, 0.1) is 29.2 Å². The number of carbonyl (C=O) groups is 1. The normalized spacial score (nSPS) is 15.0. The number of nitrogens with one attached hydrogen (secondary N) is 1. The number of nitrogen functional groups attached to an aromatic ring is 1. The molecule has 1 heterocycles. The van der Waals surface area contributed by atoms with Crippen LogP contribution in [0.25, 0.3) is 0 Å². The third-order valence-electron chi connectivity index (χ3n) is 4.84. The number of methoxy groups -OCH3 is 1. The third-order valence-corrected chi connectivity index (χ3v) is 5.15. The number of rotatable bonds is 4. The van der Waals surface area contributed by atoms with Crippen molar-refractivity contribution in [1.29, 1.82) is 0 Å². The summed E-state index contributed by atoms with van der Waals surface area (Å²) in [6.07, 6.45) is 2.27. The molecule has 1 saturated heterocycles. The van der Waals surface area contributed by atoms with Gasteiger partial charge in [0.15, 0.2) is 0 Å². The molecular formula is C20H24ClN3O2. The Balaban J connectivity index is 1.80. The van der Waals surface area contributed by atoms with Gasteiger partial charge in [-0.25, -0.2) is 0 Å². The molecule has 2 aromatic carbocycles. The topological polar surface area (TPSA) is 67.6 Å². The molecule has 26 heavy (non-hydrogen) atoms. The monoisotopic (exact) mass is 373 g/mol. The summed E-state index contributed by atoms with van der Waals surface area (Å²) < 4.78 is 5.12. The summed E-state index contributed by atoms with van der Waals surface area (Å²) >= 11 is 6.31. The van der Waals surface area contributed by atoms with Crippen molar-refractivity contribution in [2.75, 3.05) is 36.1 Å². The third kappa shape index (κ3) is 4.05. The van der Waals surface area contributed by atoms with E-state index in [4.69, 9.17) is 22.1 Å². The van der Waals surface area contributed by atoms with Crippen molar-refractivity contribution in [2.24, 2.45) is 5.92 Å². The Hall–Kier alpha value is -2.40. The summed E-state index contributed by atoms with van der Waals surface area (Å²) in [5.74, 6) is 1.21. The van der Waals surface area contributed by atoms with E-state index in [2.05, 4.69) is 17.1 Å². The van der Waals surface area contributed by atoms with Gasteiger partial charge in [0, 0.05) is 18.7 Å². The van der Waals surface area contributed by atoms with Gasteiger partial charge in [0.2, 0.25) is 0 Å². The summed E-state index contributed by atoms with van der Waals surface area (Å²) in [5.41, 5.74) is 8.83. The zero-order chi connectivity index (χ0) is 18.7. The van der Waals surface area contributed by atoms with Gasteiger partial charge in [0.25, 0.3) is 5.91 Å². The molecule has 0 unspecified atom stereocenters. The molecule has 3 N–H and O–H groups in total. The number of carbonyl (C=O) groups excluding carboxylic acids is 1. The Morgan fingerprint density at radius 1 is 1.23 bits per heavy atom. The highest BCUT2D eigenvalue weighted by Gasteiger charge is 2.20. The molecule has 0 spiro atoms. The van der Waals surface area contributed by atoms with Crippen LogP contribution in [0.2, 0.25) is 5.02 Å². The lowest BCUT2D eigenvalue weighted by Gasteiger charge is -2.33. The van der Waals surface area contributed by atoms with Crippen LogP contribution in [0.1, 0.15) is 30.1 Å². The number of nitrogens with zero attached hydrogens (tertiary/aromatic N) is 1. The van der Waals surface area contributed by atoms with Crippen molar-refractivity contribution in [3.05, 3.63) is 47.0 Å². The Morgan fingerprint density at radius 2 is 1.88 bits per heavy atom. The van der Waals surface area contributed by atoms with Crippen molar-refractivity contribution in [3.63, 3.8) is 0 Å². The highest BCUT2D eigenvalue weighted by atomic mass is 35.5. The van der Waals surface area contributed by atoms with E-state index in [9.17, 15) is 4.79 Å². The molecular weight excluding hydrogens is 350 g/mol. The standard InChI is InChI=1S/C20H24ClN3O2/c1-13-7-9-24(10-8-13)19-12-18(16(21)11-17(19)22)23-20(25)14-3-5-15(26-2)6-4-14/h3-6,11-13H,7-10,22H2,1-2H3,(H,23,25). The Labute approximate surface area is 159 Å². The molecule has 138 valence electrons. The summed E-state index contributed by atoms with van der Waals surface area (Å²) in [6, 6.07) is 10.5. The molecule has 2 aromatic rings. The molecule has 3 rings (SSSR count). The molecule has 6 heteroatoms. The van der Waals surface area contributed by atoms with Gasteiger partial charge in [-0.3, -0.25) is 4.79 Å². The van der Waals surface area contributed by atoms with Crippen LogP contribution in [-0.4, -0.2) is 26.1 Å². The van der Waals surface area contributed by atoms with Crippen LogP contribution < -0.4 is 20.7 Å². The smallest absolute Gasteiger partial charge is 0.255 e. The molecule has 1 aliphatic heterocycles. The number of nitrogens with two attached hydrogens (primary N) is 1. The summed E-state index contributed by atoms with van der Waals surface area (Å²) in [7, 11) is 1.59. The Bertz CT molecular complexity index is 784. The van der Waals surface area contributed by atoms with Crippen LogP contribution >= 0.6 is 11.6 Å². The highest BCUT2D eigenvalue weighted by Crippen LogP contribution is 2.35. The van der Waals surface area contributed by atoms with Crippen LogP contribution in [0.4, 0.5) is 17.1 Å². The van der Waals surface area contributed by atoms with Crippen molar-refractivity contribution in [2.45, 2.75) is 19.8 Å². The fourth-order valence-corrected chi connectivity index (χ4v) is 3.35. The molecule has 0 atom stereocenters. The van der Waals surface area contributed by atoms with E-state index in [1.807, 2.05) is 6.07 Å². The summed E-state index contributed by atoms with van der Waals surface area (Å²) in [5, 5.41) is 3.31. The van der Waals surface area contributed by atoms with Crippen LogP contribution in [0.5, 0.6) is 5.75 Å². The first-order valence-corrected chi connectivity index (χ1v) is 9.15. The lowest BCUT2D eigenvalue weighted by molar-refractivity contribution is 0.102. The largest absolute Gasteiger partial charge is 0.497 e. The second-order valence-corrected chi connectivity index (χ2v) is 7.15. The van der Waals surface area contributed by atoms with E-state index >= 15 is 0 Å². The van der Waals surface area contributed by atoms with Gasteiger partial charge in [-0.2, -0.15) is 0 Å². The lowest BCUT2D eigenvalue weighted by Crippen LogP contribution is -2.33. The number of halogens is 1. The van der Waals surface area contributed by atoms with E-state index in [1.165, 1.54) is 0 Å². The summed E-state index contributed by atoms with van der Waals surface area (Å²) in [6.45, 7) is 4.18. The number of ether oxygens (including phenoxy) is 1. The maximum atomic E-state index is 12.5. The maximum Gasteiger partial charge on any atom is 0.255 e. The number of anilines is 3. The number of benzene rings is 2. The van der Waals surface area contributed by atoms with E-state index in [0.717, 1.165) is 37.5 Å². The lowest BCUT2D eigenvalue weighted by atomic mass is 9.98. The molecule has 5 nitrogen and oxygen atoms in total. The molecule has 1 fully saturated rings. The molecule has 1 amide bonds. The fourth-order valence-electron chi connectivity index (χ4n) is 3.13. The first-order valence-electron chi connectivity index (χ1n) is 8.77. The minimum Gasteiger partial charge on any atom is -0.497 e. The number of piperidine rings is 1. The molecule has 0 bridgehead atoms. The first kappa shape index (κ1) is 18.4. The van der Waals surface area contributed by atoms with Crippen molar-refractivity contribution >= 4 is 34.6 Å². The van der Waals surface area contributed by atoms with Gasteiger partial charge in [0.1, 0.15) is 5.75 Å². The van der Waals surface area contributed by atoms with Crippen molar-refractivity contribution in [3.8, 4) is 5.75 Å². The second kappa shape index (κ2) is 7.87. The van der Waals surface area contributed by atoms with E-state index in [-0.39, 0.29) is 5.91 Å². The first-order chi connectivity index (χ1) is 12.5. The average Bonchev–Trinajstić information content (AvgIpc) is 2.65. The van der Waals surface area contributed by atoms with Gasteiger partial charge >= 0.3 is 0 Å². The van der Waals surface area contributed by atoms with E-state index in [0.29, 0.717) is 27.7 Å². The predicted molar refractivity (Wildman–Crippen MR) is 107 cm³/mol. The van der Waals surface area contributed by atoms with Crippen molar-refractivity contribution in [1.82, 2.24) is 0 Å². The van der Waals surface area contributed by atoms with Gasteiger partial charge in [-0.05, 0) is 55.2 Å². The van der Waals surface area contributed by atoms with Crippen molar-refractivity contribution < 1.29 is 9.53 Å². The predicted octanol–water partition coefficient (Wildman–Crippen LogP) is 4.42. The van der Waals surface area contributed by atoms with Crippen LogP contribution in [0, 0.1) is 5.92 Å². The second-order valence-electron chi connectivity index (χ2n) is 6.74. The minimum atomic E-state index is -0.224. The average molecular weight is 374 g/mol. The quantitative estimate of drug-likeness (QED) is 0.778. The molecule has 0 radical (unpaired) electrons. The minimum absolute atomic E-state index is 0.224. The number of hydrogen-bond donors (Lipinski definition) is 2. The van der Waals surface area contributed by atoms with E-state index in [1.54, 1.807) is 37.4 Å². The Morgan fingerprint density at radius 3 is 2.50 bits per heavy atom. The van der Waals surface area contributed by atoms with Gasteiger partial charge in [-0.15, -0.1) is 0 Å². The zero-order valence-corrected chi connectivity index (χ0v) is 15.8. The maximum absolute atomic E-state index is 12.5. The van der Waals surface area contributed by atoms with Gasteiger partial charge < -0.3 is 20.7 Å². The molecule has 0 aliphatic carbocycles. The Kier molecular flexibility index (Phi) is 5.57. The van der Waals surface area contributed by atoms with Crippen LogP contribution in [0.15, 0.2) is 36.4 Å². The molecule has 0 saturated carbocycles. The fraction of sp³-hybridized carbons (Fsp3) is 0.350. The van der Waals surface area contributed by atoms with E-state index < -0.39 is 0 Å². The SMILES string of the molecule is COc1ccc(C(=O)Nc2cc(N3CCC(C)CC3)c(N)cc2Cl)cc1. The highest BCUT2D eigenvalue weighted by molar-refractivity contribution is 6.34.